The Kier molecular flexibility index (Phi) is 7.03. The quantitative estimate of drug-likeness (QED) is 0.660. The second-order valence-corrected chi connectivity index (χ2v) is 8.26. The number of benzene rings is 2. The molecule has 1 heterocycles. The lowest BCUT2D eigenvalue weighted by Crippen LogP contribution is -2.32. The van der Waals surface area contributed by atoms with Crippen LogP contribution in [0.2, 0.25) is 0 Å². The smallest absolute Gasteiger partial charge is 0.251 e. The maximum atomic E-state index is 12.8. The number of hydrogen-bond acceptors (Lipinski definition) is 3. The molecular weight excluding hydrogens is 376 g/mol. The van der Waals surface area contributed by atoms with Crippen LogP contribution in [0.4, 0.5) is 0 Å². The number of hydrogen-bond donors (Lipinski definition) is 1. The molecule has 158 valence electrons. The SMILES string of the molecule is CCCc1ccc(C(NC(=O)c2ccc(CN3C(=O)CCC3=O)cc2)C(C)C)cc1. The van der Waals surface area contributed by atoms with Crippen molar-refractivity contribution < 1.29 is 14.4 Å². The van der Waals surface area contributed by atoms with Gasteiger partial charge < -0.3 is 5.32 Å². The van der Waals surface area contributed by atoms with Gasteiger partial charge in [0.1, 0.15) is 0 Å². The van der Waals surface area contributed by atoms with Gasteiger partial charge in [0.2, 0.25) is 11.8 Å². The summed E-state index contributed by atoms with van der Waals surface area (Å²) in [7, 11) is 0. The van der Waals surface area contributed by atoms with Crippen molar-refractivity contribution in [1.82, 2.24) is 10.2 Å². The normalized spacial score (nSPS) is 15.0. The van der Waals surface area contributed by atoms with E-state index in [1.807, 2.05) is 0 Å². The second-order valence-electron chi connectivity index (χ2n) is 8.26. The van der Waals surface area contributed by atoms with Crippen LogP contribution in [0.3, 0.4) is 0 Å². The van der Waals surface area contributed by atoms with Gasteiger partial charge in [0, 0.05) is 18.4 Å². The van der Waals surface area contributed by atoms with Crippen LogP contribution in [0.1, 0.15) is 73.1 Å². The minimum absolute atomic E-state index is 0.0762. The van der Waals surface area contributed by atoms with Crippen LogP contribution < -0.4 is 5.32 Å². The predicted octanol–water partition coefficient (Wildman–Crippen LogP) is 4.42. The number of amides is 3. The van der Waals surface area contributed by atoms with Crippen molar-refractivity contribution in [2.75, 3.05) is 0 Å². The Labute approximate surface area is 178 Å². The highest BCUT2D eigenvalue weighted by Gasteiger charge is 2.28. The Morgan fingerprint density at radius 2 is 1.50 bits per heavy atom. The molecule has 0 saturated carbocycles. The van der Waals surface area contributed by atoms with Crippen molar-refractivity contribution in [2.24, 2.45) is 5.92 Å². The summed E-state index contributed by atoms with van der Waals surface area (Å²) < 4.78 is 0. The lowest BCUT2D eigenvalue weighted by molar-refractivity contribution is -0.139. The Bertz CT molecular complexity index is 885. The molecule has 5 nitrogen and oxygen atoms in total. The fourth-order valence-corrected chi connectivity index (χ4v) is 3.78. The number of carbonyl (C=O) groups is 3. The minimum atomic E-state index is -0.133. The predicted molar refractivity (Wildman–Crippen MR) is 117 cm³/mol. The number of nitrogens with one attached hydrogen (secondary N) is 1. The van der Waals surface area contributed by atoms with Gasteiger partial charge in [-0.25, -0.2) is 0 Å². The van der Waals surface area contributed by atoms with Gasteiger partial charge in [-0.2, -0.15) is 0 Å². The highest BCUT2D eigenvalue weighted by molar-refractivity contribution is 6.01. The molecular formula is C25H30N2O3. The monoisotopic (exact) mass is 406 g/mol. The second kappa shape index (κ2) is 9.70. The number of carbonyl (C=O) groups excluding carboxylic acids is 3. The number of rotatable bonds is 8. The molecule has 1 aliphatic rings. The van der Waals surface area contributed by atoms with Crippen molar-refractivity contribution in [3.05, 3.63) is 70.8 Å². The summed E-state index contributed by atoms with van der Waals surface area (Å²) in [6.45, 7) is 6.62. The van der Waals surface area contributed by atoms with E-state index in [-0.39, 0.29) is 49.1 Å². The molecule has 5 heteroatoms. The number of imide groups is 1. The van der Waals surface area contributed by atoms with E-state index in [1.54, 1.807) is 24.3 Å². The molecule has 3 amide bonds. The zero-order valence-corrected chi connectivity index (χ0v) is 18.0. The molecule has 1 unspecified atom stereocenters. The molecule has 0 aliphatic carbocycles. The highest BCUT2D eigenvalue weighted by Crippen LogP contribution is 2.23. The van der Waals surface area contributed by atoms with E-state index in [4.69, 9.17) is 0 Å². The van der Waals surface area contributed by atoms with Gasteiger partial charge in [-0.15, -0.1) is 0 Å². The van der Waals surface area contributed by atoms with Gasteiger partial charge in [-0.3, -0.25) is 19.3 Å². The molecule has 0 bridgehead atoms. The van der Waals surface area contributed by atoms with Gasteiger partial charge in [-0.1, -0.05) is 63.6 Å². The van der Waals surface area contributed by atoms with Gasteiger partial charge in [-0.05, 0) is 41.2 Å². The summed E-state index contributed by atoms with van der Waals surface area (Å²) in [4.78, 5) is 37.7. The van der Waals surface area contributed by atoms with E-state index in [1.165, 1.54) is 10.5 Å². The first kappa shape index (κ1) is 21.8. The molecule has 3 rings (SSSR count). The maximum absolute atomic E-state index is 12.8. The summed E-state index contributed by atoms with van der Waals surface area (Å²) in [5.74, 6) is -0.151. The van der Waals surface area contributed by atoms with Crippen molar-refractivity contribution in [3.63, 3.8) is 0 Å². The number of nitrogens with zero attached hydrogens (tertiary/aromatic N) is 1. The zero-order chi connectivity index (χ0) is 21.7. The summed E-state index contributed by atoms with van der Waals surface area (Å²) in [6, 6.07) is 15.5. The summed E-state index contributed by atoms with van der Waals surface area (Å²) in [6.07, 6.45) is 2.74. The van der Waals surface area contributed by atoms with E-state index in [0.29, 0.717) is 5.56 Å². The van der Waals surface area contributed by atoms with Crippen LogP contribution in [-0.2, 0) is 22.6 Å². The number of aryl methyl sites for hydroxylation is 1. The third-order valence-electron chi connectivity index (χ3n) is 5.54. The van der Waals surface area contributed by atoms with Crippen molar-refractivity contribution >= 4 is 17.7 Å². The molecule has 30 heavy (non-hydrogen) atoms. The molecule has 0 radical (unpaired) electrons. The third-order valence-corrected chi connectivity index (χ3v) is 5.54. The molecule has 0 aromatic heterocycles. The standard InChI is InChI=1S/C25H30N2O3/c1-4-5-18-6-10-20(11-7-18)24(17(2)3)26-25(30)21-12-8-19(9-13-21)16-27-22(28)14-15-23(27)29/h6-13,17,24H,4-5,14-16H2,1-3H3,(H,26,30). The summed E-state index contributed by atoms with van der Waals surface area (Å²) >= 11 is 0. The summed E-state index contributed by atoms with van der Waals surface area (Å²) in [5.41, 5.74) is 3.80. The lowest BCUT2D eigenvalue weighted by Gasteiger charge is -2.23. The van der Waals surface area contributed by atoms with Gasteiger partial charge in [0.25, 0.3) is 5.91 Å². The largest absolute Gasteiger partial charge is 0.345 e. The van der Waals surface area contributed by atoms with E-state index >= 15 is 0 Å². The first-order chi connectivity index (χ1) is 14.4. The molecule has 1 N–H and O–H groups in total. The third kappa shape index (κ3) is 5.15. The number of likely N-dealkylation sites (tertiary alicyclic amines) is 1. The first-order valence-corrected chi connectivity index (χ1v) is 10.7. The Morgan fingerprint density at radius 1 is 0.933 bits per heavy atom. The highest BCUT2D eigenvalue weighted by atomic mass is 16.2. The van der Waals surface area contributed by atoms with E-state index in [2.05, 4.69) is 50.4 Å². The average Bonchev–Trinajstić information content (AvgIpc) is 3.05. The van der Waals surface area contributed by atoms with Crippen molar-refractivity contribution in [1.29, 1.82) is 0 Å². The molecule has 2 aromatic carbocycles. The van der Waals surface area contributed by atoms with Gasteiger partial charge in [0.05, 0.1) is 12.6 Å². The van der Waals surface area contributed by atoms with Crippen LogP contribution in [0.5, 0.6) is 0 Å². The molecule has 1 saturated heterocycles. The van der Waals surface area contributed by atoms with Crippen LogP contribution >= 0.6 is 0 Å². The Morgan fingerprint density at radius 3 is 2.03 bits per heavy atom. The lowest BCUT2D eigenvalue weighted by atomic mass is 9.94. The topological polar surface area (TPSA) is 66.5 Å². The van der Waals surface area contributed by atoms with Crippen molar-refractivity contribution in [2.45, 2.75) is 59.0 Å². The van der Waals surface area contributed by atoms with Gasteiger partial charge >= 0.3 is 0 Å². The average molecular weight is 407 g/mol. The Hall–Kier alpha value is -2.95. The van der Waals surface area contributed by atoms with Gasteiger partial charge in [0.15, 0.2) is 0 Å². The first-order valence-electron chi connectivity index (χ1n) is 10.7. The molecule has 1 aliphatic heterocycles. The van der Waals surface area contributed by atoms with E-state index in [9.17, 15) is 14.4 Å². The molecule has 2 aromatic rings. The molecule has 1 fully saturated rings. The van der Waals surface area contributed by atoms with Crippen molar-refractivity contribution in [3.8, 4) is 0 Å². The molecule has 0 spiro atoms. The van der Waals surface area contributed by atoms with Crippen LogP contribution in [-0.4, -0.2) is 22.6 Å². The fourth-order valence-electron chi connectivity index (χ4n) is 3.78. The molecule has 1 atom stereocenters. The maximum Gasteiger partial charge on any atom is 0.251 e. The summed E-state index contributed by atoms with van der Waals surface area (Å²) in [5, 5.41) is 3.15. The van der Waals surface area contributed by atoms with E-state index in [0.717, 1.165) is 24.0 Å². The minimum Gasteiger partial charge on any atom is -0.345 e. The van der Waals surface area contributed by atoms with Crippen LogP contribution in [0.15, 0.2) is 48.5 Å². The van der Waals surface area contributed by atoms with Crippen LogP contribution in [0, 0.1) is 5.92 Å². The van der Waals surface area contributed by atoms with E-state index < -0.39 is 0 Å². The fraction of sp³-hybridized carbons (Fsp3) is 0.400. The Balaban J connectivity index is 1.67. The van der Waals surface area contributed by atoms with Crippen LogP contribution in [0.25, 0.3) is 0 Å². The zero-order valence-electron chi connectivity index (χ0n) is 18.0.